The van der Waals surface area contributed by atoms with Crippen LogP contribution in [0.4, 0.5) is 0 Å². The first-order chi connectivity index (χ1) is 60.4. The zero-order chi connectivity index (χ0) is 98.9. The molecular weight excluding hydrogens is 1700 g/mol. The van der Waals surface area contributed by atoms with Crippen LogP contribution in [0.1, 0.15) is 289 Å². The summed E-state index contributed by atoms with van der Waals surface area (Å²) in [7, 11) is 1.93. The number of hydrogen-bond donors (Lipinski definition) is 10. The number of imide groups is 3. The second-order valence-corrected chi connectivity index (χ2v) is 32.5. The zero-order valence-electron chi connectivity index (χ0n) is 83.0. The number of ether oxygens (including phenoxy) is 4. The lowest BCUT2D eigenvalue weighted by atomic mass is 9.80. The second-order valence-electron chi connectivity index (χ2n) is 28.4. The van der Waals surface area contributed by atoms with Crippen LogP contribution in [0.2, 0.25) is 0 Å². The number of Topliss-reactive ketones (excluding diaryl/α,β-unsaturated/α-hetero) is 3. The molecule has 5 rings (SSSR count). The predicted octanol–water partition coefficient (Wildman–Crippen LogP) is 9.63. The first-order valence-electron chi connectivity index (χ1n) is 46.1. The van der Waals surface area contributed by atoms with E-state index in [0.29, 0.717) is 90.2 Å². The molecule has 0 aromatic rings. The van der Waals surface area contributed by atoms with Crippen LogP contribution in [0.25, 0.3) is 0 Å². The van der Waals surface area contributed by atoms with Gasteiger partial charge >= 0.3 is 0 Å². The van der Waals surface area contributed by atoms with E-state index in [1.54, 1.807) is 32.5 Å². The van der Waals surface area contributed by atoms with Gasteiger partial charge in [0.15, 0.2) is 0 Å². The fraction of sp³-hybridized carbons (Fsp3) is 0.811. The summed E-state index contributed by atoms with van der Waals surface area (Å²) in [5, 5.41) is 26.4. The standard InChI is InChI=1S/C16H26N2O3S.C11H21NO.2C10H16N2O3S.C8H15NO4.C6H11NO2.2C5H11NO.C5H12O2.C4H11N.C4H8O.C3H9N.C3H8/c1-3-17-15(20)12-7-5-11(6-8-12)10-18-14(19)9-13(16(18)21)22-4-2;1-3-9-5-7-10(8-6-9)11(13)12-4-2;1-3-11-8(13)6-12-9(14)5-7(10(12)15)16-4-2;1-3-11-8(13)6-16-7-5-9(14)12(4-2)10(7)15;1-3-12-6-13-5-9-8(11)4-7(2)10;1-3-7-6(9)4-5(2)8;2*1-3-5(7)6-4-2;1-3-6-5-7-4-2;1-3-5-4-2;1-3-4(2)5;1-3-4-2;1-3-2/h11-13H,3-10H2,1-2H3,(H,17,20);9-10H,3-8H2,1-2H3,(H,12,13);2*7H,3-6H2,1-2H3,(H,11,13);3-6H2,1-2H3,(H,9,11);3-4H2,1-2H3,(H,7,9);2*3-4H2,1-2H3,(H,6,7);3-5H2,1-2H3;5H,3-4H2,1-2H3;3H2,1-2H3;4H,3H2,1-2H3;3H2,1-2H3. The van der Waals surface area contributed by atoms with Crippen molar-refractivity contribution in [2.45, 2.75) is 304 Å². The van der Waals surface area contributed by atoms with E-state index in [1.807, 2.05) is 104 Å². The first-order valence-corrected chi connectivity index (χ1v) is 49.2. The van der Waals surface area contributed by atoms with Gasteiger partial charge in [0.1, 0.15) is 44.2 Å². The Balaban J connectivity index is -0.000000208. The van der Waals surface area contributed by atoms with Crippen LogP contribution in [0.5, 0.6) is 0 Å². The lowest BCUT2D eigenvalue weighted by Crippen LogP contribution is -2.40. The van der Waals surface area contributed by atoms with E-state index in [9.17, 15) is 81.5 Å². The molecule has 0 spiro atoms. The van der Waals surface area contributed by atoms with E-state index in [4.69, 9.17) is 18.9 Å². The molecule has 3 heterocycles. The summed E-state index contributed by atoms with van der Waals surface area (Å²) in [6.07, 6.45) is 13.3. The van der Waals surface area contributed by atoms with E-state index in [-0.39, 0.29) is 173 Å². The average molecular weight is 1870 g/mol. The van der Waals surface area contributed by atoms with Gasteiger partial charge in [-0.25, -0.2) is 0 Å². The fourth-order valence-electron chi connectivity index (χ4n) is 10.8. The molecule has 3 aliphatic heterocycles. The highest BCUT2D eigenvalue weighted by Crippen LogP contribution is 2.33. The van der Waals surface area contributed by atoms with Crippen LogP contribution < -0.4 is 53.2 Å². The van der Waals surface area contributed by atoms with Gasteiger partial charge in [0.25, 0.3) is 0 Å². The van der Waals surface area contributed by atoms with Gasteiger partial charge in [-0.05, 0) is 198 Å². The van der Waals surface area contributed by atoms with E-state index >= 15 is 0 Å². The average Bonchev–Trinajstić information content (AvgIpc) is 1.70. The SMILES string of the molecule is CCC.CCC(C)=O.CCNC.CCNC(=O)C1CCC(CC)CC1.CCNC(=O)C1CCC(CN2C(=O)CC(SCC)C2=O)CC1.CCNC(=O)CC.CCNC(=O)CC.CCNC(=O)CC(C)=O.CCNC(=O)CN1C(=O)CC(SCC)C1=O.CCNC(=O)CSC1CC(=O)N(CC)C1=O.CCNCC.CCOCOCC.CCOCOCNC(=O)CC(C)=O. The van der Waals surface area contributed by atoms with Crippen molar-refractivity contribution >= 4 is 135 Å². The van der Waals surface area contributed by atoms with Gasteiger partial charge in [0.2, 0.25) is 82.7 Å². The molecule has 14 amide bonds. The lowest BCUT2D eigenvalue weighted by molar-refractivity contribution is -0.142. The lowest BCUT2D eigenvalue weighted by Gasteiger charge is -2.30. The number of nitrogens with one attached hydrogen (secondary N) is 10. The van der Waals surface area contributed by atoms with Crippen molar-refractivity contribution in [2.75, 3.05) is 150 Å². The van der Waals surface area contributed by atoms with Crippen molar-refractivity contribution in [3.05, 3.63) is 0 Å². The number of ketones is 3. The highest BCUT2D eigenvalue weighted by molar-refractivity contribution is 8.01. The molecule has 2 aliphatic carbocycles. The number of thioether (sulfide) groups is 3. The van der Waals surface area contributed by atoms with Gasteiger partial charge in [-0.3, -0.25) is 91.4 Å². The van der Waals surface area contributed by atoms with E-state index < -0.39 is 0 Å². The molecule has 3 saturated heterocycles. The molecular formula is C90H175N13O21S3. The molecule has 34 nitrogen and oxygen atoms in total. The minimum absolute atomic E-state index is 0.00778. The van der Waals surface area contributed by atoms with Crippen LogP contribution in [0, 0.1) is 23.7 Å². The number of rotatable bonds is 41. The summed E-state index contributed by atoms with van der Waals surface area (Å²) in [4.78, 5) is 193. The Kier molecular flexibility index (Phi) is 103. The summed E-state index contributed by atoms with van der Waals surface area (Å²) in [5.74, 6) is 2.47. The predicted molar refractivity (Wildman–Crippen MR) is 512 cm³/mol. The number of likely N-dealkylation sites (N-methyl/N-ethyl adjacent to an activating group) is 1. The Morgan fingerprint density at radius 1 is 0.354 bits per heavy atom. The third kappa shape index (κ3) is 81.9. The smallest absolute Gasteiger partial charge is 0.243 e. The molecule has 10 N–H and O–H groups in total. The molecule has 5 aliphatic rings. The van der Waals surface area contributed by atoms with E-state index in [1.165, 1.54) is 72.9 Å². The monoisotopic (exact) mass is 1870 g/mol. The van der Waals surface area contributed by atoms with Crippen LogP contribution in [-0.4, -0.2) is 280 Å². The highest BCUT2D eigenvalue weighted by atomic mass is 32.2. The van der Waals surface area contributed by atoms with Gasteiger partial charge in [-0.15, -0.1) is 35.3 Å². The molecule has 744 valence electrons. The number of amides is 14. The van der Waals surface area contributed by atoms with E-state index in [0.717, 1.165) is 113 Å². The summed E-state index contributed by atoms with van der Waals surface area (Å²) in [6, 6.07) is 0. The topological polar surface area (TPSA) is 457 Å². The summed E-state index contributed by atoms with van der Waals surface area (Å²) >= 11 is 4.25. The minimum atomic E-state index is -0.380. The van der Waals surface area contributed by atoms with Crippen LogP contribution in [0.15, 0.2) is 0 Å². The molecule has 37 heteroatoms. The van der Waals surface area contributed by atoms with Crippen molar-refractivity contribution in [3.63, 3.8) is 0 Å². The van der Waals surface area contributed by atoms with Gasteiger partial charge in [0, 0.05) is 129 Å². The third-order valence-electron chi connectivity index (χ3n) is 17.5. The maximum atomic E-state index is 12.3. The normalized spacial score (nSPS) is 17.1. The van der Waals surface area contributed by atoms with Crippen molar-refractivity contribution in [1.29, 1.82) is 0 Å². The molecule has 5 fully saturated rings. The zero-order valence-corrected chi connectivity index (χ0v) is 85.4. The molecule has 0 aromatic heterocycles. The molecule has 0 bridgehead atoms. The molecule has 0 aromatic carbocycles. The molecule has 0 radical (unpaired) electrons. The molecule has 127 heavy (non-hydrogen) atoms. The van der Waals surface area contributed by atoms with Crippen LogP contribution >= 0.6 is 35.3 Å². The number of nitrogens with zero attached hydrogens (tertiary/aromatic N) is 3. The van der Waals surface area contributed by atoms with Gasteiger partial charge in [-0.2, -0.15) is 0 Å². The maximum Gasteiger partial charge on any atom is 0.243 e. The molecule has 3 atom stereocenters. The number of carbonyl (C=O) groups excluding carboxylic acids is 17. The van der Waals surface area contributed by atoms with Crippen LogP contribution in [0.3, 0.4) is 0 Å². The van der Waals surface area contributed by atoms with E-state index in [2.05, 4.69) is 94.7 Å². The Hall–Kier alpha value is -7.00. The summed E-state index contributed by atoms with van der Waals surface area (Å²) in [6.45, 7) is 58.6. The van der Waals surface area contributed by atoms with Crippen molar-refractivity contribution in [1.82, 2.24) is 67.9 Å². The Labute approximate surface area is 777 Å². The molecule has 2 saturated carbocycles. The van der Waals surface area contributed by atoms with Crippen molar-refractivity contribution in [3.8, 4) is 0 Å². The quantitative estimate of drug-likeness (QED) is 0.0118. The number of carbonyl (C=O) groups is 17. The fourth-order valence-corrected chi connectivity index (χ4v) is 13.7. The van der Waals surface area contributed by atoms with Gasteiger partial charge < -0.3 is 76.9 Å². The number of likely N-dealkylation sites (tertiary alicyclic amines) is 3. The van der Waals surface area contributed by atoms with Crippen molar-refractivity contribution in [2.24, 2.45) is 23.7 Å². The third-order valence-corrected chi connectivity index (χ3v) is 20.9. The van der Waals surface area contributed by atoms with Gasteiger partial charge in [-0.1, -0.05) is 89.0 Å². The van der Waals surface area contributed by atoms with Crippen LogP contribution in [-0.2, 0) is 100 Å². The van der Waals surface area contributed by atoms with Crippen molar-refractivity contribution < 1.29 is 100 Å². The van der Waals surface area contributed by atoms with Gasteiger partial charge in [0.05, 0.1) is 34.3 Å². The minimum Gasteiger partial charge on any atom is -0.356 e. The second kappa shape index (κ2) is 96.6. The maximum absolute atomic E-state index is 12.3. The largest absolute Gasteiger partial charge is 0.356 e. The molecule has 3 unspecified atom stereocenters. The highest BCUT2D eigenvalue weighted by Gasteiger charge is 2.42. The summed E-state index contributed by atoms with van der Waals surface area (Å²) < 4.78 is 19.4. The summed E-state index contributed by atoms with van der Waals surface area (Å²) in [5.41, 5.74) is 0. The number of hydrogen-bond acceptors (Lipinski definition) is 26. The first kappa shape index (κ1) is 135. The Bertz CT molecular complexity index is 2910. The Morgan fingerprint density at radius 2 is 0.677 bits per heavy atom. The Morgan fingerprint density at radius 3 is 0.984 bits per heavy atom.